The second kappa shape index (κ2) is 10.3. The van der Waals surface area contributed by atoms with Gasteiger partial charge in [-0.3, -0.25) is 19.5 Å². The summed E-state index contributed by atoms with van der Waals surface area (Å²) in [7, 11) is 1.72. The first-order valence-electron chi connectivity index (χ1n) is 11.8. The number of hydrogen-bond acceptors (Lipinski definition) is 5. The Hall–Kier alpha value is -2.93. The number of methoxy groups -OCH3 is 1. The minimum atomic E-state index is 0.0390. The second-order valence-electron chi connectivity index (χ2n) is 9.05. The van der Waals surface area contributed by atoms with Gasteiger partial charge in [-0.15, -0.1) is 0 Å². The van der Waals surface area contributed by atoms with Crippen LogP contribution in [0.15, 0.2) is 36.4 Å². The van der Waals surface area contributed by atoms with Crippen molar-refractivity contribution in [3.8, 4) is 5.75 Å². The summed E-state index contributed by atoms with van der Waals surface area (Å²) >= 11 is 0. The maximum Gasteiger partial charge on any atom is 0.255 e. The number of piperazine rings is 1. The van der Waals surface area contributed by atoms with E-state index in [0.29, 0.717) is 26.2 Å². The van der Waals surface area contributed by atoms with Gasteiger partial charge < -0.3 is 14.5 Å². The quantitative estimate of drug-likeness (QED) is 0.701. The SMILES string of the molecule is COc1ccccc1CN1CCC(c2nc(C)ccc2C(=O)N2CCN(C(C)=O)CC2)CC1. The summed E-state index contributed by atoms with van der Waals surface area (Å²) in [5, 5.41) is 0. The van der Waals surface area contributed by atoms with Crippen LogP contribution in [-0.2, 0) is 11.3 Å². The van der Waals surface area contributed by atoms with Crippen molar-refractivity contribution in [2.24, 2.45) is 0 Å². The molecule has 2 fully saturated rings. The average molecular weight is 451 g/mol. The fourth-order valence-electron chi connectivity index (χ4n) is 4.90. The third-order valence-corrected chi connectivity index (χ3v) is 6.87. The van der Waals surface area contributed by atoms with Crippen LogP contribution >= 0.6 is 0 Å². The Morgan fingerprint density at radius 3 is 2.30 bits per heavy atom. The molecule has 33 heavy (non-hydrogen) atoms. The van der Waals surface area contributed by atoms with E-state index in [0.717, 1.165) is 55.2 Å². The van der Waals surface area contributed by atoms with E-state index in [-0.39, 0.29) is 17.7 Å². The zero-order valence-electron chi connectivity index (χ0n) is 19.9. The van der Waals surface area contributed by atoms with Crippen LogP contribution < -0.4 is 4.74 Å². The number of benzene rings is 1. The molecule has 7 nitrogen and oxygen atoms in total. The van der Waals surface area contributed by atoms with E-state index >= 15 is 0 Å². The van der Waals surface area contributed by atoms with Gasteiger partial charge in [0.15, 0.2) is 0 Å². The van der Waals surface area contributed by atoms with Gasteiger partial charge in [-0.2, -0.15) is 0 Å². The van der Waals surface area contributed by atoms with Gasteiger partial charge in [-0.1, -0.05) is 18.2 Å². The van der Waals surface area contributed by atoms with Gasteiger partial charge in [0.25, 0.3) is 5.91 Å². The molecule has 2 amide bonds. The van der Waals surface area contributed by atoms with Crippen molar-refractivity contribution in [2.45, 2.75) is 39.2 Å². The zero-order valence-corrected chi connectivity index (χ0v) is 19.9. The maximum atomic E-state index is 13.4. The molecular formula is C26H34N4O3. The maximum absolute atomic E-state index is 13.4. The van der Waals surface area contributed by atoms with Gasteiger partial charge in [0.1, 0.15) is 5.75 Å². The molecular weight excluding hydrogens is 416 g/mol. The molecule has 7 heteroatoms. The molecule has 176 valence electrons. The summed E-state index contributed by atoms with van der Waals surface area (Å²) in [6, 6.07) is 12.0. The molecule has 2 aromatic rings. The van der Waals surface area contributed by atoms with Crippen molar-refractivity contribution in [3.05, 3.63) is 58.9 Å². The summed E-state index contributed by atoms with van der Waals surface area (Å²) < 4.78 is 5.51. The highest BCUT2D eigenvalue weighted by Gasteiger charge is 2.29. The number of hydrogen-bond donors (Lipinski definition) is 0. The standard InChI is InChI=1S/C26H34N4O3/c1-19-8-9-23(26(32)30-16-14-29(15-17-30)20(2)31)25(27-19)21-10-12-28(13-11-21)18-22-6-4-5-7-24(22)33-3/h4-9,21H,10-18H2,1-3H3. The molecule has 0 N–H and O–H groups in total. The van der Waals surface area contributed by atoms with Crippen molar-refractivity contribution in [2.75, 3.05) is 46.4 Å². The highest BCUT2D eigenvalue weighted by molar-refractivity contribution is 5.95. The van der Waals surface area contributed by atoms with Gasteiger partial charge in [0.2, 0.25) is 5.91 Å². The van der Waals surface area contributed by atoms with E-state index in [4.69, 9.17) is 9.72 Å². The molecule has 0 atom stereocenters. The predicted octanol–water partition coefficient (Wildman–Crippen LogP) is 3.08. The lowest BCUT2D eigenvalue weighted by molar-refractivity contribution is -0.130. The van der Waals surface area contributed by atoms with E-state index < -0.39 is 0 Å². The van der Waals surface area contributed by atoms with Crippen LogP contribution in [0.2, 0.25) is 0 Å². The van der Waals surface area contributed by atoms with Gasteiger partial charge in [0, 0.05) is 56.8 Å². The molecule has 2 aliphatic rings. The summed E-state index contributed by atoms with van der Waals surface area (Å²) in [5.74, 6) is 1.31. The molecule has 0 bridgehead atoms. The summed E-state index contributed by atoms with van der Waals surface area (Å²) in [5.41, 5.74) is 3.80. The van der Waals surface area contributed by atoms with Crippen LogP contribution in [0.25, 0.3) is 0 Å². The Bertz CT molecular complexity index is 993. The van der Waals surface area contributed by atoms with Gasteiger partial charge in [0.05, 0.1) is 18.4 Å². The highest BCUT2D eigenvalue weighted by atomic mass is 16.5. The van der Waals surface area contributed by atoms with Crippen molar-refractivity contribution < 1.29 is 14.3 Å². The molecule has 3 heterocycles. The number of carbonyl (C=O) groups excluding carboxylic acids is 2. The minimum Gasteiger partial charge on any atom is -0.496 e. The van der Waals surface area contributed by atoms with E-state index in [1.807, 2.05) is 36.1 Å². The van der Waals surface area contributed by atoms with Crippen LogP contribution in [0.1, 0.15) is 53.0 Å². The number of nitrogens with zero attached hydrogens (tertiary/aromatic N) is 4. The normalized spacial score (nSPS) is 17.8. The zero-order chi connectivity index (χ0) is 23.4. The number of amides is 2. The summed E-state index contributed by atoms with van der Waals surface area (Å²) in [6.07, 6.45) is 1.95. The molecule has 1 aromatic carbocycles. The van der Waals surface area contributed by atoms with Crippen molar-refractivity contribution in [1.82, 2.24) is 19.7 Å². The lowest BCUT2D eigenvalue weighted by Crippen LogP contribution is -2.50. The number of likely N-dealkylation sites (tertiary alicyclic amines) is 1. The molecule has 0 spiro atoms. The Kier molecular flexibility index (Phi) is 7.28. The average Bonchev–Trinajstić information content (AvgIpc) is 2.84. The number of pyridine rings is 1. The van der Waals surface area contributed by atoms with Crippen LogP contribution in [0.5, 0.6) is 5.75 Å². The minimum absolute atomic E-state index is 0.0390. The molecule has 2 aliphatic heterocycles. The van der Waals surface area contributed by atoms with E-state index in [1.54, 1.807) is 18.9 Å². The van der Waals surface area contributed by atoms with Crippen molar-refractivity contribution in [3.63, 3.8) is 0 Å². The van der Waals surface area contributed by atoms with Gasteiger partial charge in [-0.05, 0) is 51.1 Å². The smallest absolute Gasteiger partial charge is 0.255 e. The van der Waals surface area contributed by atoms with Crippen LogP contribution in [0.4, 0.5) is 0 Å². The fourth-order valence-corrected chi connectivity index (χ4v) is 4.90. The van der Waals surface area contributed by atoms with E-state index in [9.17, 15) is 9.59 Å². The number of para-hydroxylation sites is 1. The molecule has 2 saturated heterocycles. The highest BCUT2D eigenvalue weighted by Crippen LogP contribution is 2.31. The number of aryl methyl sites for hydroxylation is 1. The fraction of sp³-hybridized carbons (Fsp3) is 0.500. The van der Waals surface area contributed by atoms with Crippen molar-refractivity contribution in [1.29, 1.82) is 0 Å². The lowest BCUT2D eigenvalue weighted by atomic mass is 9.89. The molecule has 0 radical (unpaired) electrons. The largest absolute Gasteiger partial charge is 0.496 e. The molecule has 4 rings (SSSR count). The number of ether oxygens (including phenoxy) is 1. The van der Waals surface area contributed by atoms with Crippen LogP contribution in [-0.4, -0.2) is 77.9 Å². The topological polar surface area (TPSA) is 66.0 Å². The van der Waals surface area contributed by atoms with Crippen LogP contribution in [0.3, 0.4) is 0 Å². The number of piperidine rings is 1. The Morgan fingerprint density at radius 2 is 1.64 bits per heavy atom. The first-order valence-corrected chi connectivity index (χ1v) is 11.8. The Morgan fingerprint density at radius 1 is 0.970 bits per heavy atom. The van der Waals surface area contributed by atoms with Crippen molar-refractivity contribution >= 4 is 11.8 Å². The van der Waals surface area contributed by atoms with Gasteiger partial charge >= 0.3 is 0 Å². The summed E-state index contributed by atoms with van der Waals surface area (Å²) in [4.78, 5) is 36.0. The molecule has 0 aliphatic carbocycles. The van der Waals surface area contributed by atoms with E-state index in [2.05, 4.69) is 17.0 Å². The Labute approximate surface area is 196 Å². The molecule has 0 saturated carbocycles. The predicted molar refractivity (Wildman–Crippen MR) is 127 cm³/mol. The van der Waals surface area contributed by atoms with E-state index in [1.165, 1.54) is 5.56 Å². The summed E-state index contributed by atoms with van der Waals surface area (Å²) in [6.45, 7) is 8.69. The first-order chi connectivity index (χ1) is 16.0. The third-order valence-electron chi connectivity index (χ3n) is 6.87. The monoisotopic (exact) mass is 450 g/mol. The third kappa shape index (κ3) is 5.36. The second-order valence-corrected chi connectivity index (χ2v) is 9.05. The lowest BCUT2D eigenvalue weighted by Gasteiger charge is -2.35. The number of carbonyl (C=O) groups is 2. The molecule has 0 unspecified atom stereocenters. The number of rotatable bonds is 5. The van der Waals surface area contributed by atoms with Crippen LogP contribution in [0, 0.1) is 6.92 Å². The van der Waals surface area contributed by atoms with Gasteiger partial charge in [-0.25, -0.2) is 0 Å². The number of aromatic nitrogens is 1. The first kappa shape index (κ1) is 23.2. The molecule has 1 aromatic heterocycles. The Balaban J connectivity index is 1.43.